The van der Waals surface area contributed by atoms with Gasteiger partial charge in [-0.2, -0.15) is 5.10 Å². The Morgan fingerprint density at radius 1 is 1.36 bits per heavy atom. The van der Waals surface area contributed by atoms with Crippen LogP contribution in [0.2, 0.25) is 0 Å². The minimum absolute atomic E-state index is 0.0489. The highest BCUT2D eigenvalue weighted by Crippen LogP contribution is 2.29. The van der Waals surface area contributed by atoms with Gasteiger partial charge in [0.05, 0.1) is 24.2 Å². The van der Waals surface area contributed by atoms with E-state index in [1.165, 1.54) is 18.3 Å². The molecular weight excluding hydrogens is 309 g/mol. The van der Waals surface area contributed by atoms with Crippen LogP contribution in [-0.2, 0) is 22.0 Å². The van der Waals surface area contributed by atoms with Crippen LogP contribution >= 0.6 is 0 Å². The Morgan fingerprint density at radius 2 is 2.05 bits per heavy atom. The summed E-state index contributed by atoms with van der Waals surface area (Å²) in [5.41, 5.74) is -0.160. The van der Waals surface area contributed by atoms with Crippen LogP contribution in [-0.4, -0.2) is 23.7 Å². The topological polar surface area (TPSA) is 95.1 Å². The molecule has 120 valence electrons. The second-order valence-corrected chi connectivity index (χ2v) is 7.55. The fourth-order valence-electron chi connectivity index (χ4n) is 2.02. The van der Waals surface area contributed by atoms with Gasteiger partial charge >= 0.3 is 0 Å². The zero-order valence-corrected chi connectivity index (χ0v) is 13.3. The molecule has 0 bridgehead atoms. The van der Waals surface area contributed by atoms with Gasteiger partial charge in [0.15, 0.2) is 0 Å². The predicted octanol–water partition coefficient (Wildman–Crippen LogP) is 2.14. The fourth-order valence-corrected chi connectivity index (χ4v) is 3.44. The number of aliphatic hydroxyl groups excluding tert-OH is 1. The molecule has 1 heterocycles. The molecule has 0 fully saturated rings. The van der Waals surface area contributed by atoms with Gasteiger partial charge in [0.25, 0.3) is 10.0 Å². The van der Waals surface area contributed by atoms with Gasteiger partial charge < -0.3 is 5.11 Å². The maximum atomic E-state index is 13.9. The lowest BCUT2D eigenvalue weighted by Gasteiger charge is -2.19. The summed E-state index contributed by atoms with van der Waals surface area (Å²) in [4.78, 5) is -0.0489. The molecule has 0 radical (unpaired) electrons. The summed E-state index contributed by atoms with van der Waals surface area (Å²) in [5.74, 6) is -0.754. The van der Waals surface area contributed by atoms with Gasteiger partial charge in [-0.3, -0.25) is 9.82 Å². The van der Waals surface area contributed by atoms with Crippen molar-refractivity contribution in [1.29, 1.82) is 0 Å². The summed E-state index contributed by atoms with van der Waals surface area (Å²) in [6.07, 6.45) is 1.18. The summed E-state index contributed by atoms with van der Waals surface area (Å²) in [7, 11) is -4.03. The van der Waals surface area contributed by atoms with Crippen LogP contribution in [0, 0.1) is 5.82 Å². The van der Waals surface area contributed by atoms with Crippen molar-refractivity contribution in [2.45, 2.75) is 37.7 Å². The number of sulfonamides is 1. The van der Waals surface area contributed by atoms with E-state index in [4.69, 9.17) is 0 Å². The van der Waals surface area contributed by atoms with Crippen LogP contribution in [0.4, 0.5) is 10.1 Å². The number of nitrogens with zero attached hydrogens (tertiary/aromatic N) is 1. The van der Waals surface area contributed by atoms with Crippen molar-refractivity contribution in [3.63, 3.8) is 0 Å². The molecule has 3 N–H and O–H groups in total. The first-order valence-corrected chi connectivity index (χ1v) is 8.10. The van der Waals surface area contributed by atoms with Crippen molar-refractivity contribution in [3.8, 4) is 0 Å². The molecule has 0 saturated carbocycles. The summed E-state index contributed by atoms with van der Waals surface area (Å²) < 4.78 is 41.1. The van der Waals surface area contributed by atoms with Gasteiger partial charge in [-0.05, 0) is 6.07 Å². The molecule has 2 rings (SSSR count). The molecule has 0 unspecified atom stereocenters. The second kappa shape index (κ2) is 5.69. The Morgan fingerprint density at radius 3 is 2.64 bits per heavy atom. The van der Waals surface area contributed by atoms with E-state index in [0.29, 0.717) is 5.69 Å². The van der Waals surface area contributed by atoms with Gasteiger partial charge in [-0.25, -0.2) is 12.8 Å². The minimum Gasteiger partial charge on any atom is -0.392 e. The summed E-state index contributed by atoms with van der Waals surface area (Å²) in [5, 5.41) is 15.7. The first-order valence-electron chi connectivity index (χ1n) is 6.61. The van der Waals surface area contributed by atoms with E-state index in [1.54, 1.807) is 0 Å². The van der Waals surface area contributed by atoms with Crippen LogP contribution < -0.4 is 4.72 Å². The van der Waals surface area contributed by atoms with Crippen LogP contribution in [0.1, 0.15) is 32.0 Å². The highest BCUT2D eigenvalue weighted by molar-refractivity contribution is 7.92. The number of nitrogens with one attached hydrogen (secondary N) is 2. The van der Waals surface area contributed by atoms with Gasteiger partial charge in [-0.15, -0.1) is 0 Å². The largest absolute Gasteiger partial charge is 0.392 e. The number of rotatable bonds is 4. The number of para-hydroxylation sites is 1. The molecule has 22 heavy (non-hydrogen) atoms. The quantitative estimate of drug-likeness (QED) is 0.802. The molecule has 0 amide bonds. The van der Waals surface area contributed by atoms with E-state index in [0.717, 1.165) is 6.07 Å². The molecule has 0 saturated heterocycles. The Balaban J connectivity index is 2.49. The van der Waals surface area contributed by atoms with Crippen molar-refractivity contribution in [2.75, 3.05) is 4.72 Å². The van der Waals surface area contributed by atoms with E-state index < -0.39 is 27.9 Å². The van der Waals surface area contributed by atoms with E-state index in [-0.39, 0.29) is 16.1 Å². The van der Waals surface area contributed by atoms with Crippen LogP contribution in [0.25, 0.3) is 0 Å². The molecule has 0 spiro atoms. The smallest absolute Gasteiger partial charge is 0.265 e. The van der Waals surface area contributed by atoms with Gasteiger partial charge in [0, 0.05) is 11.0 Å². The third-order valence-corrected chi connectivity index (χ3v) is 4.51. The zero-order chi connectivity index (χ0) is 16.5. The molecule has 1 aromatic heterocycles. The average Bonchev–Trinajstić information content (AvgIpc) is 2.91. The number of hydrogen-bond donors (Lipinski definition) is 3. The second-order valence-electron chi connectivity index (χ2n) is 5.90. The summed E-state index contributed by atoms with van der Waals surface area (Å²) >= 11 is 0. The Labute approximate surface area is 128 Å². The Hall–Kier alpha value is -1.93. The lowest BCUT2D eigenvalue weighted by Crippen LogP contribution is -2.21. The minimum atomic E-state index is -4.03. The molecular formula is C14H18FN3O3S. The normalized spacial score (nSPS) is 12.4. The van der Waals surface area contributed by atoms with Crippen LogP contribution in [0.3, 0.4) is 0 Å². The zero-order valence-electron chi connectivity index (χ0n) is 12.5. The maximum Gasteiger partial charge on any atom is 0.265 e. The predicted molar refractivity (Wildman–Crippen MR) is 80.4 cm³/mol. The number of benzene rings is 1. The molecule has 0 atom stereocenters. The fraction of sp³-hybridized carbons (Fsp3) is 0.357. The monoisotopic (exact) mass is 327 g/mol. The molecule has 1 aromatic carbocycles. The first kappa shape index (κ1) is 16.4. The van der Waals surface area contributed by atoms with Crippen molar-refractivity contribution < 1.29 is 17.9 Å². The summed E-state index contributed by atoms with van der Waals surface area (Å²) in [6, 6.07) is 3.97. The number of anilines is 1. The SMILES string of the molecule is CC(C)(C)c1[nH]ncc1S(=O)(=O)Nc1c(F)cccc1CO. The Kier molecular flexibility index (Phi) is 4.25. The van der Waals surface area contributed by atoms with Crippen molar-refractivity contribution >= 4 is 15.7 Å². The maximum absolute atomic E-state index is 13.9. The van der Waals surface area contributed by atoms with Crippen molar-refractivity contribution in [2.24, 2.45) is 0 Å². The van der Waals surface area contributed by atoms with Gasteiger partial charge in [0.1, 0.15) is 10.7 Å². The van der Waals surface area contributed by atoms with E-state index in [2.05, 4.69) is 14.9 Å². The molecule has 6 nitrogen and oxygen atoms in total. The lowest BCUT2D eigenvalue weighted by molar-refractivity contribution is 0.282. The number of aromatic amines is 1. The third kappa shape index (κ3) is 3.12. The lowest BCUT2D eigenvalue weighted by atomic mass is 9.92. The Bertz CT molecular complexity index is 779. The van der Waals surface area contributed by atoms with Gasteiger partial charge in [-0.1, -0.05) is 32.9 Å². The third-order valence-electron chi connectivity index (χ3n) is 3.15. The molecule has 0 aliphatic heterocycles. The van der Waals surface area contributed by atoms with E-state index in [1.807, 2.05) is 20.8 Å². The van der Waals surface area contributed by atoms with E-state index >= 15 is 0 Å². The van der Waals surface area contributed by atoms with Gasteiger partial charge in [0.2, 0.25) is 0 Å². The number of halogens is 1. The molecule has 8 heteroatoms. The molecule has 0 aliphatic carbocycles. The van der Waals surface area contributed by atoms with Crippen LogP contribution in [0.5, 0.6) is 0 Å². The molecule has 2 aromatic rings. The number of aliphatic hydroxyl groups is 1. The number of aromatic nitrogens is 2. The van der Waals surface area contributed by atoms with E-state index in [9.17, 15) is 17.9 Å². The average molecular weight is 327 g/mol. The number of hydrogen-bond acceptors (Lipinski definition) is 4. The van der Waals surface area contributed by atoms with Crippen molar-refractivity contribution in [3.05, 3.63) is 41.5 Å². The number of H-pyrrole nitrogens is 1. The standard InChI is InChI=1S/C14H18FN3O3S/c1-14(2,3)13-11(7-16-17-13)22(20,21)18-12-9(8-19)5-4-6-10(12)15/h4-7,18-19H,8H2,1-3H3,(H,16,17). The highest BCUT2D eigenvalue weighted by atomic mass is 32.2. The highest BCUT2D eigenvalue weighted by Gasteiger charge is 2.29. The first-order chi connectivity index (χ1) is 10.2. The van der Waals surface area contributed by atoms with Crippen LogP contribution in [0.15, 0.2) is 29.3 Å². The van der Waals surface area contributed by atoms with Crippen molar-refractivity contribution in [1.82, 2.24) is 10.2 Å². The molecule has 0 aliphatic rings. The summed E-state index contributed by atoms with van der Waals surface area (Å²) in [6.45, 7) is 5.03.